The molecule has 1 aliphatic heterocycles. The molecule has 5 nitrogen and oxygen atoms in total. The van der Waals surface area contributed by atoms with Gasteiger partial charge in [0.1, 0.15) is 0 Å². The van der Waals surface area contributed by atoms with Gasteiger partial charge >= 0.3 is 0 Å². The van der Waals surface area contributed by atoms with Crippen molar-refractivity contribution in [3.8, 4) is 0 Å². The van der Waals surface area contributed by atoms with Crippen LogP contribution in [0.25, 0.3) is 0 Å². The molecule has 0 aromatic heterocycles. The Labute approximate surface area is 139 Å². The van der Waals surface area contributed by atoms with Gasteiger partial charge in [-0.2, -0.15) is 0 Å². The molecule has 1 heterocycles. The lowest BCUT2D eigenvalue weighted by Crippen LogP contribution is -2.43. The lowest BCUT2D eigenvalue weighted by Gasteiger charge is -2.31. The Morgan fingerprint density at radius 2 is 2.00 bits per heavy atom. The zero-order valence-electron chi connectivity index (χ0n) is 14.1. The number of likely N-dealkylation sites (tertiary alicyclic amines) is 1. The molecule has 1 N–H and O–H groups in total. The molecule has 1 aliphatic rings. The molecule has 1 aromatic carbocycles. The zero-order chi connectivity index (χ0) is 17.1. The van der Waals surface area contributed by atoms with E-state index in [0.717, 1.165) is 13.1 Å². The van der Waals surface area contributed by atoms with Crippen LogP contribution in [0.15, 0.2) is 29.2 Å². The molecule has 0 aliphatic carbocycles. The number of nitrogens with zero attached hydrogens (tertiary/aromatic N) is 1. The molecule has 0 bridgehead atoms. The Kier molecular flexibility index (Phi) is 5.47. The quantitative estimate of drug-likeness (QED) is 0.856. The molecule has 0 spiro atoms. The van der Waals surface area contributed by atoms with Gasteiger partial charge in [-0.3, -0.25) is 9.69 Å². The van der Waals surface area contributed by atoms with Crippen LogP contribution in [0.1, 0.15) is 32.3 Å². The van der Waals surface area contributed by atoms with E-state index in [1.54, 1.807) is 24.3 Å². The zero-order valence-corrected chi connectivity index (χ0v) is 14.9. The van der Waals surface area contributed by atoms with Gasteiger partial charge in [-0.15, -0.1) is 0 Å². The van der Waals surface area contributed by atoms with E-state index in [-0.39, 0.29) is 22.8 Å². The van der Waals surface area contributed by atoms with Gasteiger partial charge < -0.3 is 5.32 Å². The summed E-state index contributed by atoms with van der Waals surface area (Å²) in [5.74, 6) is -0.141. The maximum Gasteiger partial charge on any atom is 0.224 e. The third-order valence-electron chi connectivity index (χ3n) is 4.50. The van der Waals surface area contributed by atoms with E-state index in [1.807, 2.05) is 0 Å². The fourth-order valence-electron chi connectivity index (χ4n) is 3.16. The smallest absolute Gasteiger partial charge is 0.224 e. The van der Waals surface area contributed by atoms with E-state index in [1.165, 1.54) is 19.1 Å². The van der Waals surface area contributed by atoms with Crippen LogP contribution in [-0.2, 0) is 21.1 Å². The molecule has 0 radical (unpaired) electrons. The average molecular weight is 338 g/mol. The second-order valence-electron chi connectivity index (χ2n) is 6.81. The summed E-state index contributed by atoms with van der Waals surface area (Å²) in [5.41, 5.74) is 0.752. The number of carbonyl (C=O) groups is 1. The summed E-state index contributed by atoms with van der Waals surface area (Å²) in [7, 11) is -3.32. The molecular weight excluding hydrogens is 312 g/mol. The van der Waals surface area contributed by atoms with Gasteiger partial charge in [0.05, 0.1) is 11.3 Å². The molecule has 1 amide bonds. The van der Waals surface area contributed by atoms with Crippen LogP contribution in [0.2, 0.25) is 0 Å². The Balaban J connectivity index is 1.89. The van der Waals surface area contributed by atoms with Crippen LogP contribution in [0.5, 0.6) is 0 Å². The van der Waals surface area contributed by atoms with Crippen molar-refractivity contribution in [3.63, 3.8) is 0 Å². The highest BCUT2D eigenvalue weighted by molar-refractivity contribution is 7.90. The monoisotopic (exact) mass is 338 g/mol. The lowest BCUT2D eigenvalue weighted by molar-refractivity contribution is -0.120. The molecular formula is C17H26N2O3S. The van der Waals surface area contributed by atoms with Crippen LogP contribution in [0.4, 0.5) is 0 Å². The van der Waals surface area contributed by atoms with Crippen LogP contribution in [0.3, 0.4) is 0 Å². The van der Waals surface area contributed by atoms with Gasteiger partial charge in [0.2, 0.25) is 5.91 Å². The van der Waals surface area contributed by atoms with E-state index in [4.69, 9.17) is 0 Å². The standard InChI is InChI=1S/C17H26N2O3S/c1-17(2)9-6-11-19(17)12-10-18-16(20)13-14-7-4-5-8-15(14)23(3,21)22/h4-5,7-8H,6,9-13H2,1-3H3,(H,18,20). The van der Waals surface area contributed by atoms with E-state index < -0.39 is 9.84 Å². The van der Waals surface area contributed by atoms with E-state index >= 15 is 0 Å². The predicted octanol–water partition coefficient (Wildman–Crippen LogP) is 1.62. The molecule has 2 rings (SSSR count). The predicted molar refractivity (Wildman–Crippen MR) is 91.2 cm³/mol. The molecule has 128 valence electrons. The minimum absolute atomic E-state index is 0.0899. The van der Waals surface area contributed by atoms with Gasteiger partial charge in [0.15, 0.2) is 9.84 Å². The van der Waals surface area contributed by atoms with Crippen LogP contribution < -0.4 is 5.32 Å². The first-order valence-electron chi connectivity index (χ1n) is 8.00. The first kappa shape index (κ1) is 17.9. The van der Waals surface area contributed by atoms with Crippen molar-refractivity contribution in [1.29, 1.82) is 0 Å². The molecule has 1 fully saturated rings. The maximum atomic E-state index is 12.1. The van der Waals surface area contributed by atoms with Crippen LogP contribution in [0, 0.1) is 0 Å². The van der Waals surface area contributed by atoms with Crippen LogP contribution >= 0.6 is 0 Å². The highest BCUT2D eigenvalue weighted by Gasteiger charge is 2.31. The van der Waals surface area contributed by atoms with Crippen molar-refractivity contribution in [2.75, 3.05) is 25.9 Å². The van der Waals surface area contributed by atoms with Crippen molar-refractivity contribution in [2.24, 2.45) is 0 Å². The number of nitrogens with one attached hydrogen (secondary N) is 1. The number of hydrogen-bond acceptors (Lipinski definition) is 4. The van der Waals surface area contributed by atoms with Crippen LogP contribution in [-0.4, -0.2) is 50.7 Å². The SMILES string of the molecule is CC1(C)CCCN1CCNC(=O)Cc1ccccc1S(C)(=O)=O. The number of carbonyl (C=O) groups excluding carboxylic acids is 1. The van der Waals surface area contributed by atoms with Gasteiger partial charge in [-0.25, -0.2) is 8.42 Å². The summed E-state index contributed by atoms with van der Waals surface area (Å²) in [6, 6.07) is 6.67. The largest absolute Gasteiger partial charge is 0.355 e. The third kappa shape index (κ3) is 4.78. The first-order valence-corrected chi connectivity index (χ1v) is 9.89. The third-order valence-corrected chi connectivity index (χ3v) is 5.70. The fraction of sp³-hybridized carbons (Fsp3) is 0.588. The molecule has 0 atom stereocenters. The van der Waals surface area contributed by atoms with E-state index in [2.05, 4.69) is 24.1 Å². The number of amides is 1. The van der Waals surface area contributed by atoms with Gasteiger partial charge in [-0.1, -0.05) is 18.2 Å². The highest BCUT2D eigenvalue weighted by atomic mass is 32.2. The molecule has 0 unspecified atom stereocenters. The van der Waals surface area contributed by atoms with Crippen molar-refractivity contribution in [1.82, 2.24) is 10.2 Å². The number of sulfone groups is 1. The second-order valence-corrected chi connectivity index (χ2v) is 8.79. The second kappa shape index (κ2) is 7.01. The Bertz CT molecular complexity index is 668. The summed E-state index contributed by atoms with van der Waals surface area (Å²) in [4.78, 5) is 14.7. The lowest BCUT2D eigenvalue weighted by atomic mass is 10.0. The summed E-state index contributed by atoms with van der Waals surface area (Å²) in [6.45, 7) is 6.93. The maximum absolute atomic E-state index is 12.1. The molecule has 0 saturated carbocycles. The Morgan fingerprint density at radius 1 is 1.30 bits per heavy atom. The van der Waals surface area contributed by atoms with Crippen molar-refractivity contribution in [3.05, 3.63) is 29.8 Å². The number of rotatable bonds is 6. The van der Waals surface area contributed by atoms with Gasteiger partial charge in [0.25, 0.3) is 0 Å². The normalized spacial score (nSPS) is 18.0. The fourth-order valence-corrected chi connectivity index (χ4v) is 4.10. The number of benzene rings is 1. The molecule has 1 aromatic rings. The molecule has 1 saturated heterocycles. The van der Waals surface area contributed by atoms with Crippen molar-refractivity contribution < 1.29 is 13.2 Å². The van der Waals surface area contributed by atoms with Gasteiger partial charge in [-0.05, 0) is 44.9 Å². The van der Waals surface area contributed by atoms with Gasteiger partial charge in [0, 0.05) is 24.9 Å². The summed E-state index contributed by atoms with van der Waals surface area (Å²) < 4.78 is 23.5. The van der Waals surface area contributed by atoms with E-state index in [9.17, 15) is 13.2 Å². The highest BCUT2D eigenvalue weighted by Crippen LogP contribution is 2.27. The Morgan fingerprint density at radius 3 is 2.61 bits per heavy atom. The minimum atomic E-state index is -3.32. The molecule has 23 heavy (non-hydrogen) atoms. The van der Waals surface area contributed by atoms with Crippen molar-refractivity contribution >= 4 is 15.7 Å². The average Bonchev–Trinajstić information content (AvgIpc) is 2.77. The van der Waals surface area contributed by atoms with E-state index in [0.29, 0.717) is 12.1 Å². The summed E-state index contributed by atoms with van der Waals surface area (Å²) in [6.07, 6.45) is 3.64. The topological polar surface area (TPSA) is 66.5 Å². The Hall–Kier alpha value is -1.40. The first-order chi connectivity index (χ1) is 10.7. The summed E-state index contributed by atoms with van der Waals surface area (Å²) in [5, 5.41) is 2.90. The molecule has 6 heteroatoms. The van der Waals surface area contributed by atoms with Crippen molar-refractivity contribution in [2.45, 2.75) is 43.5 Å². The minimum Gasteiger partial charge on any atom is -0.355 e. The summed E-state index contributed by atoms with van der Waals surface area (Å²) >= 11 is 0. The number of hydrogen-bond donors (Lipinski definition) is 1.